The average Bonchev–Trinajstić information content (AvgIpc) is 3.04. The van der Waals surface area contributed by atoms with Crippen molar-refractivity contribution in [3.05, 3.63) is 59.1 Å². The Morgan fingerprint density at radius 3 is 2.46 bits per heavy atom. The first-order chi connectivity index (χ1) is 13.5. The summed E-state index contributed by atoms with van der Waals surface area (Å²) >= 11 is 7.68. The number of ether oxygens (including phenoxy) is 1. The van der Waals surface area contributed by atoms with E-state index in [0.717, 1.165) is 18.5 Å². The van der Waals surface area contributed by atoms with Crippen LogP contribution in [0, 0.1) is 0 Å². The monoisotopic (exact) mass is 416 g/mol. The van der Waals surface area contributed by atoms with Gasteiger partial charge in [0, 0.05) is 23.8 Å². The summed E-state index contributed by atoms with van der Waals surface area (Å²) in [7, 11) is 1.57. The SMILES string of the molecule is COc1ccccc1C(=O)N1CCC2(CC1)SCC(=O)N2c1ccc(Cl)cc1. The number of piperidine rings is 1. The van der Waals surface area contributed by atoms with Gasteiger partial charge in [-0.2, -0.15) is 0 Å². The number of methoxy groups -OCH3 is 1. The van der Waals surface area contributed by atoms with Crippen molar-refractivity contribution in [3.8, 4) is 5.75 Å². The molecule has 4 rings (SSSR count). The van der Waals surface area contributed by atoms with Crippen LogP contribution in [-0.4, -0.2) is 47.5 Å². The molecule has 2 aromatic rings. The zero-order chi connectivity index (χ0) is 19.7. The lowest BCUT2D eigenvalue weighted by Crippen LogP contribution is -2.53. The van der Waals surface area contributed by atoms with Crippen molar-refractivity contribution in [3.63, 3.8) is 0 Å². The van der Waals surface area contributed by atoms with Crippen LogP contribution in [0.5, 0.6) is 5.75 Å². The Labute approximate surface area is 173 Å². The van der Waals surface area contributed by atoms with Crippen LogP contribution >= 0.6 is 23.4 Å². The molecule has 0 aliphatic carbocycles. The van der Waals surface area contributed by atoms with Gasteiger partial charge in [0.05, 0.1) is 23.3 Å². The topological polar surface area (TPSA) is 49.9 Å². The molecule has 146 valence electrons. The summed E-state index contributed by atoms with van der Waals surface area (Å²) in [6.45, 7) is 1.20. The number of carbonyl (C=O) groups excluding carboxylic acids is 2. The Bertz CT molecular complexity index is 895. The third kappa shape index (κ3) is 3.35. The van der Waals surface area contributed by atoms with Gasteiger partial charge in [-0.1, -0.05) is 23.7 Å². The van der Waals surface area contributed by atoms with Crippen LogP contribution in [0.2, 0.25) is 5.02 Å². The van der Waals surface area contributed by atoms with Gasteiger partial charge in [0.2, 0.25) is 5.91 Å². The summed E-state index contributed by atoms with van der Waals surface area (Å²) in [5.41, 5.74) is 1.44. The van der Waals surface area contributed by atoms with Crippen molar-refractivity contribution in [2.24, 2.45) is 0 Å². The number of para-hydroxylation sites is 1. The maximum atomic E-state index is 13.0. The number of rotatable bonds is 3. The van der Waals surface area contributed by atoms with Crippen molar-refractivity contribution in [2.75, 3.05) is 30.9 Å². The van der Waals surface area contributed by atoms with Crippen LogP contribution in [0.25, 0.3) is 0 Å². The fourth-order valence-corrected chi connectivity index (χ4v) is 5.40. The number of hydrogen-bond acceptors (Lipinski definition) is 4. The molecule has 7 heteroatoms. The number of thioether (sulfide) groups is 1. The summed E-state index contributed by atoms with van der Waals surface area (Å²) in [5.74, 6) is 1.13. The van der Waals surface area contributed by atoms with E-state index in [-0.39, 0.29) is 16.7 Å². The molecule has 2 amide bonds. The average molecular weight is 417 g/mol. The predicted molar refractivity (Wildman–Crippen MR) is 112 cm³/mol. The molecule has 0 radical (unpaired) electrons. The first-order valence-electron chi connectivity index (χ1n) is 9.19. The molecule has 0 saturated carbocycles. The Kier molecular flexibility index (Phi) is 5.25. The largest absolute Gasteiger partial charge is 0.496 e. The fourth-order valence-electron chi connectivity index (χ4n) is 3.94. The number of benzene rings is 2. The molecule has 2 aliphatic heterocycles. The smallest absolute Gasteiger partial charge is 0.257 e. The lowest BCUT2D eigenvalue weighted by molar-refractivity contribution is -0.116. The Hall–Kier alpha value is -2.18. The van der Waals surface area contributed by atoms with Crippen LogP contribution in [0.4, 0.5) is 5.69 Å². The van der Waals surface area contributed by atoms with Crippen LogP contribution in [0.1, 0.15) is 23.2 Å². The summed E-state index contributed by atoms with van der Waals surface area (Å²) < 4.78 is 5.33. The van der Waals surface area contributed by atoms with Gasteiger partial charge in [-0.15, -0.1) is 11.8 Å². The van der Waals surface area contributed by atoms with Crippen molar-refractivity contribution in [1.82, 2.24) is 4.90 Å². The quantitative estimate of drug-likeness (QED) is 0.757. The van der Waals surface area contributed by atoms with E-state index in [4.69, 9.17) is 16.3 Å². The zero-order valence-electron chi connectivity index (χ0n) is 15.6. The second-order valence-electron chi connectivity index (χ2n) is 6.93. The number of amides is 2. The number of anilines is 1. The third-order valence-corrected chi connectivity index (χ3v) is 7.15. The number of carbonyl (C=O) groups is 2. The Morgan fingerprint density at radius 2 is 1.79 bits per heavy atom. The molecule has 5 nitrogen and oxygen atoms in total. The number of nitrogens with zero attached hydrogens (tertiary/aromatic N) is 2. The van der Waals surface area contributed by atoms with Crippen LogP contribution < -0.4 is 9.64 Å². The summed E-state index contributed by atoms with van der Waals surface area (Å²) in [5, 5.41) is 0.648. The standard InChI is InChI=1S/C21H21ClN2O3S/c1-27-18-5-3-2-4-17(18)20(26)23-12-10-21(11-13-23)24(19(25)14-28-21)16-8-6-15(22)7-9-16/h2-9H,10-14H2,1H3. The Balaban J connectivity index is 1.53. The van der Waals surface area contributed by atoms with Gasteiger partial charge in [0.25, 0.3) is 5.91 Å². The highest BCUT2D eigenvalue weighted by molar-refractivity contribution is 8.02. The van der Waals surface area contributed by atoms with Gasteiger partial charge in [-0.25, -0.2) is 0 Å². The number of likely N-dealkylation sites (tertiary alicyclic amines) is 1. The summed E-state index contributed by atoms with van der Waals surface area (Å²) in [4.78, 5) is 29.1. The highest BCUT2D eigenvalue weighted by atomic mass is 35.5. The summed E-state index contributed by atoms with van der Waals surface area (Å²) in [6, 6.07) is 14.7. The highest BCUT2D eigenvalue weighted by Gasteiger charge is 2.49. The highest BCUT2D eigenvalue weighted by Crippen LogP contribution is 2.47. The fraction of sp³-hybridized carbons (Fsp3) is 0.333. The van der Waals surface area contributed by atoms with E-state index in [9.17, 15) is 9.59 Å². The zero-order valence-corrected chi connectivity index (χ0v) is 17.1. The molecular weight excluding hydrogens is 396 g/mol. The van der Waals surface area contributed by atoms with Crippen molar-refractivity contribution < 1.29 is 14.3 Å². The molecular formula is C21H21ClN2O3S. The minimum Gasteiger partial charge on any atom is -0.496 e. The molecule has 1 spiro atoms. The first kappa shape index (κ1) is 19.2. The third-order valence-electron chi connectivity index (χ3n) is 5.38. The maximum Gasteiger partial charge on any atom is 0.257 e. The van der Waals surface area contributed by atoms with Gasteiger partial charge in [0.1, 0.15) is 5.75 Å². The lowest BCUT2D eigenvalue weighted by Gasteiger charge is -2.44. The minimum absolute atomic E-state index is 0.0281. The number of halogens is 1. The first-order valence-corrected chi connectivity index (χ1v) is 10.6. The predicted octanol–water partition coefficient (Wildman–Crippen LogP) is 4.06. The summed E-state index contributed by atoms with van der Waals surface area (Å²) in [6.07, 6.45) is 1.46. The van der Waals surface area contributed by atoms with Crippen molar-refractivity contribution >= 4 is 40.9 Å². The molecule has 28 heavy (non-hydrogen) atoms. The van der Waals surface area contributed by atoms with E-state index in [1.807, 2.05) is 34.1 Å². The van der Waals surface area contributed by atoms with Crippen LogP contribution in [-0.2, 0) is 4.79 Å². The van der Waals surface area contributed by atoms with Crippen molar-refractivity contribution in [1.29, 1.82) is 0 Å². The van der Waals surface area contributed by atoms with E-state index in [2.05, 4.69) is 0 Å². The lowest BCUT2D eigenvalue weighted by atomic mass is 10.00. The molecule has 0 aromatic heterocycles. The van der Waals surface area contributed by atoms with Gasteiger partial charge in [-0.05, 0) is 49.2 Å². The van der Waals surface area contributed by atoms with Gasteiger partial charge in [-0.3, -0.25) is 14.5 Å². The van der Waals surface area contributed by atoms with E-state index in [1.54, 1.807) is 43.1 Å². The van der Waals surface area contributed by atoms with Crippen molar-refractivity contribution in [2.45, 2.75) is 17.7 Å². The van der Waals surface area contributed by atoms with Gasteiger partial charge >= 0.3 is 0 Å². The molecule has 0 bridgehead atoms. The van der Waals surface area contributed by atoms with E-state index in [0.29, 0.717) is 35.2 Å². The second-order valence-corrected chi connectivity index (χ2v) is 8.71. The maximum absolute atomic E-state index is 13.0. The molecule has 0 unspecified atom stereocenters. The molecule has 2 aliphatic rings. The van der Waals surface area contributed by atoms with Crippen LogP contribution in [0.3, 0.4) is 0 Å². The second kappa shape index (κ2) is 7.68. The van der Waals surface area contributed by atoms with E-state index < -0.39 is 0 Å². The molecule has 0 atom stereocenters. The molecule has 2 fully saturated rings. The molecule has 2 heterocycles. The van der Waals surface area contributed by atoms with Gasteiger partial charge in [0.15, 0.2) is 0 Å². The molecule has 2 saturated heterocycles. The number of hydrogen-bond donors (Lipinski definition) is 0. The van der Waals surface area contributed by atoms with E-state index in [1.165, 1.54) is 0 Å². The van der Waals surface area contributed by atoms with E-state index >= 15 is 0 Å². The van der Waals surface area contributed by atoms with Gasteiger partial charge < -0.3 is 9.64 Å². The normalized spacial score (nSPS) is 18.6. The Morgan fingerprint density at radius 1 is 1.11 bits per heavy atom. The molecule has 0 N–H and O–H groups in total. The van der Waals surface area contributed by atoms with Crippen LogP contribution in [0.15, 0.2) is 48.5 Å². The minimum atomic E-state index is -0.303. The molecule has 2 aromatic carbocycles.